The Hall–Kier alpha value is -2.12. The summed E-state index contributed by atoms with van der Waals surface area (Å²) >= 11 is 12.5. The quantitative estimate of drug-likeness (QED) is 0.551. The van der Waals surface area contributed by atoms with Gasteiger partial charge in [-0.1, -0.05) is 60.5 Å². The van der Waals surface area contributed by atoms with Gasteiger partial charge >= 0.3 is 0 Å². The van der Waals surface area contributed by atoms with Crippen LogP contribution in [-0.4, -0.2) is 72.3 Å². The lowest BCUT2D eigenvalue weighted by molar-refractivity contribution is -0.133. The zero-order chi connectivity index (χ0) is 23.8. The van der Waals surface area contributed by atoms with Crippen molar-refractivity contribution in [2.45, 2.75) is 25.8 Å². The second-order valence-electron chi connectivity index (χ2n) is 8.37. The Morgan fingerprint density at radius 2 is 1.70 bits per heavy atom. The Bertz CT molecular complexity index is 930. The Morgan fingerprint density at radius 1 is 1.03 bits per heavy atom. The maximum atomic E-state index is 12.8. The standard InChI is InChI=1S/C25H32Cl2N4O2/c1-2-29(18-24(28)32)17-23(21-5-3-4-6-22(21)27)30-13-15-31(16-14-30)25(33)12-9-19-7-10-20(26)11-8-19/h3-8,10-11,23H,2,9,12-18H2,1H3,(H2,28,32). The predicted molar refractivity (Wildman–Crippen MR) is 133 cm³/mol. The van der Waals surface area contributed by atoms with Gasteiger partial charge < -0.3 is 10.6 Å². The van der Waals surface area contributed by atoms with Crippen molar-refractivity contribution >= 4 is 35.0 Å². The Balaban J connectivity index is 1.62. The number of piperazine rings is 1. The predicted octanol–water partition coefficient (Wildman–Crippen LogP) is 3.62. The van der Waals surface area contributed by atoms with Gasteiger partial charge in [-0.3, -0.25) is 19.4 Å². The molecular weight excluding hydrogens is 459 g/mol. The van der Waals surface area contributed by atoms with Crippen molar-refractivity contribution in [2.24, 2.45) is 5.73 Å². The zero-order valence-electron chi connectivity index (χ0n) is 19.1. The molecule has 8 heteroatoms. The van der Waals surface area contributed by atoms with Crippen LogP contribution in [0.25, 0.3) is 0 Å². The van der Waals surface area contributed by atoms with E-state index in [1.807, 2.05) is 65.3 Å². The van der Waals surface area contributed by atoms with Gasteiger partial charge in [-0.2, -0.15) is 0 Å². The average Bonchev–Trinajstić information content (AvgIpc) is 2.81. The van der Waals surface area contributed by atoms with Gasteiger partial charge in [0.05, 0.1) is 6.54 Å². The van der Waals surface area contributed by atoms with Gasteiger partial charge in [0.2, 0.25) is 11.8 Å². The van der Waals surface area contributed by atoms with Gasteiger partial charge in [0.1, 0.15) is 0 Å². The number of hydrogen-bond donors (Lipinski definition) is 1. The highest BCUT2D eigenvalue weighted by molar-refractivity contribution is 6.31. The number of benzene rings is 2. The Labute approximate surface area is 206 Å². The van der Waals surface area contributed by atoms with E-state index in [2.05, 4.69) is 4.90 Å². The molecule has 1 aliphatic heterocycles. The maximum absolute atomic E-state index is 12.8. The number of aryl methyl sites for hydroxylation is 1. The third kappa shape index (κ3) is 7.44. The molecule has 1 unspecified atom stereocenters. The van der Waals surface area contributed by atoms with Crippen LogP contribution in [0.2, 0.25) is 10.0 Å². The van der Waals surface area contributed by atoms with Gasteiger partial charge in [0, 0.05) is 55.2 Å². The van der Waals surface area contributed by atoms with Crippen LogP contribution in [0.1, 0.15) is 30.5 Å². The van der Waals surface area contributed by atoms with Gasteiger partial charge in [-0.05, 0) is 42.3 Å². The van der Waals surface area contributed by atoms with Crippen LogP contribution in [0, 0.1) is 0 Å². The fourth-order valence-electron chi connectivity index (χ4n) is 4.27. The first kappa shape index (κ1) is 25.5. The first-order valence-corrected chi connectivity index (χ1v) is 12.1. The van der Waals surface area contributed by atoms with Crippen molar-refractivity contribution < 1.29 is 9.59 Å². The molecule has 1 saturated heterocycles. The van der Waals surface area contributed by atoms with Crippen molar-refractivity contribution in [1.82, 2.24) is 14.7 Å². The molecule has 33 heavy (non-hydrogen) atoms. The lowest BCUT2D eigenvalue weighted by Crippen LogP contribution is -2.52. The van der Waals surface area contributed by atoms with Crippen LogP contribution < -0.4 is 5.73 Å². The lowest BCUT2D eigenvalue weighted by Gasteiger charge is -2.41. The second-order valence-corrected chi connectivity index (χ2v) is 9.22. The highest BCUT2D eigenvalue weighted by Crippen LogP contribution is 2.29. The topological polar surface area (TPSA) is 69.9 Å². The van der Waals surface area contributed by atoms with E-state index in [0.29, 0.717) is 49.1 Å². The summed E-state index contributed by atoms with van der Waals surface area (Å²) in [5, 5.41) is 1.41. The number of likely N-dealkylation sites (N-methyl/N-ethyl adjacent to an activating group) is 1. The fourth-order valence-corrected chi connectivity index (χ4v) is 4.66. The van der Waals surface area contributed by atoms with Crippen molar-refractivity contribution in [1.29, 1.82) is 0 Å². The summed E-state index contributed by atoms with van der Waals surface area (Å²) in [7, 11) is 0. The molecule has 2 amide bonds. The van der Waals surface area contributed by atoms with Crippen LogP contribution in [0.4, 0.5) is 0 Å². The summed E-state index contributed by atoms with van der Waals surface area (Å²) in [5.41, 5.74) is 7.59. The summed E-state index contributed by atoms with van der Waals surface area (Å²) in [6, 6.07) is 15.5. The van der Waals surface area contributed by atoms with Crippen molar-refractivity contribution in [3.63, 3.8) is 0 Å². The Kier molecular flexibility index (Phi) is 9.56. The van der Waals surface area contributed by atoms with E-state index in [1.165, 1.54) is 0 Å². The maximum Gasteiger partial charge on any atom is 0.231 e. The molecule has 0 bridgehead atoms. The molecule has 0 aliphatic carbocycles. The number of nitrogens with zero attached hydrogens (tertiary/aromatic N) is 3. The lowest BCUT2D eigenvalue weighted by atomic mass is 10.0. The van der Waals surface area contributed by atoms with Gasteiger partial charge in [-0.15, -0.1) is 0 Å². The average molecular weight is 491 g/mol. The molecule has 2 aromatic carbocycles. The SMILES string of the molecule is CCN(CC(N)=O)CC(c1ccccc1Cl)N1CCN(C(=O)CCc2ccc(Cl)cc2)CC1. The third-order valence-electron chi connectivity index (χ3n) is 6.17. The normalized spacial score (nSPS) is 15.6. The smallest absolute Gasteiger partial charge is 0.231 e. The largest absolute Gasteiger partial charge is 0.369 e. The van der Waals surface area contributed by atoms with E-state index in [1.54, 1.807) is 0 Å². The highest BCUT2D eigenvalue weighted by Gasteiger charge is 2.29. The van der Waals surface area contributed by atoms with Crippen LogP contribution in [0.15, 0.2) is 48.5 Å². The van der Waals surface area contributed by atoms with E-state index in [4.69, 9.17) is 28.9 Å². The van der Waals surface area contributed by atoms with Gasteiger partial charge in [0.25, 0.3) is 0 Å². The zero-order valence-corrected chi connectivity index (χ0v) is 20.6. The molecule has 1 heterocycles. The third-order valence-corrected chi connectivity index (χ3v) is 6.77. The molecule has 0 radical (unpaired) electrons. The van der Waals surface area contributed by atoms with Gasteiger partial charge in [-0.25, -0.2) is 0 Å². The second kappa shape index (κ2) is 12.4. The molecule has 0 aromatic heterocycles. The molecule has 0 saturated carbocycles. The molecule has 1 aliphatic rings. The van der Waals surface area contributed by atoms with E-state index < -0.39 is 0 Å². The van der Waals surface area contributed by atoms with E-state index in [9.17, 15) is 9.59 Å². The number of rotatable bonds is 10. The van der Waals surface area contributed by atoms with Crippen molar-refractivity contribution in [2.75, 3.05) is 45.8 Å². The van der Waals surface area contributed by atoms with Crippen LogP contribution in [0.3, 0.4) is 0 Å². The van der Waals surface area contributed by atoms with E-state index in [0.717, 1.165) is 24.2 Å². The molecule has 1 fully saturated rings. The fraction of sp³-hybridized carbons (Fsp3) is 0.440. The molecular formula is C25H32Cl2N4O2. The minimum Gasteiger partial charge on any atom is -0.369 e. The number of carbonyl (C=O) groups excluding carboxylic acids is 2. The molecule has 2 aromatic rings. The number of hydrogen-bond acceptors (Lipinski definition) is 4. The summed E-state index contributed by atoms with van der Waals surface area (Å²) in [6.45, 7) is 6.42. The van der Waals surface area contributed by atoms with Crippen LogP contribution >= 0.6 is 23.2 Å². The van der Waals surface area contributed by atoms with Crippen LogP contribution in [0.5, 0.6) is 0 Å². The Morgan fingerprint density at radius 3 is 2.30 bits per heavy atom. The molecule has 0 spiro atoms. The first-order valence-electron chi connectivity index (χ1n) is 11.4. The number of nitrogens with two attached hydrogens (primary N) is 1. The number of amides is 2. The summed E-state index contributed by atoms with van der Waals surface area (Å²) in [5.74, 6) is -0.173. The van der Waals surface area contributed by atoms with E-state index >= 15 is 0 Å². The molecule has 3 rings (SSSR count). The monoisotopic (exact) mass is 490 g/mol. The minimum absolute atomic E-state index is 0.0179. The first-order chi connectivity index (χ1) is 15.9. The number of primary amides is 1. The summed E-state index contributed by atoms with van der Waals surface area (Å²) < 4.78 is 0. The minimum atomic E-state index is -0.342. The van der Waals surface area contributed by atoms with Crippen molar-refractivity contribution in [3.05, 3.63) is 69.7 Å². The summed E-state index contributed by atoms with van der Waals surface area (Å²) in [4.78, 5) is 30.6. The van der Waals surface area contributed by atoms with Crippen molar-refractivity contribution in [3.8, 4) is 0 Å². The summed E-state index contributed by atoms with van der Waals surface area (Å²) in [6.07, 6.45) is 1.19. The number of halogens is 2. The molecule has 6 nitrogen and oxygen atoms in total. The van der Waals surface area contributed by atoms with E-state index in [-0.39, 0.29) is 24.4 Å². The molecule has 178 valence electrons. The molecule has 1 atom stereocenters. The van der Waals surface area contributed by atoms with Crippen LogP contribution in [-0.2, 0) is 16.0 Å². The molecule has 2 N–H and O–H groups in total. The number of carbonyl (C=O) groups is 2. The highest BCUT2D eigenvalue weighted by atomic mass is 35.5. The van der Waals surface area contributed by atoms with Gasteiger partial charge in [0.15, 0.2) is 0 Å².